The van der Waals surface area contributed by atoms with Crippen LogP contribution in [-0.4, -0.2) is 59.9 Å². The quantitative estimate of drug-likeness (QED) is 0.628. The summed E-state index contributed by atoms with van der Waals surface area (Å²) in [6.45, 7) is 3.38. The molecule has 7 nitrogen and oxygen atoms in total. The van der Waals surface area contributed by atoms with E-state index < -0.39 is 0 Å². The molecule has 1 aromatic heterocycles. The van der Waals surface area contributed by atoms with E-state index in [1.807, 2.05) is 48.0 Å². The summed E-state index contributed by atoms with van der Waals surface area (Å²) in [5.74, 6) is 1.80. The second kappa shape index (κ2) is 9.50. The number of allylic oxidation sites excluding steroid dienone is 1. The topological polar surface area (TPSA) is 65.8 Å². The normalized spacial score (nSPS) is 25.8. The number of hydrogen-bond acceptors (Lipinski definition) is 5. The number of aromatic nitrogens is 2. The van der Waals surface area contributed by atoms with Crippen molar-refractivity contribution in [2.24, 2.45) is 5.92 Å². The fourth-order valence-corrected chi connectivity index (χ4v) is 5.21. The molecule has 0 radical (unpaired) electrons. The van der Waals surface area contributed by atoms with Crippen molar-refractivity contribution in [3.8, 4) is 11.4 Å². The Labute approximate surface area is 200 Å². The number of carbonyl (C=O) groups is 1. The number of rotatable bonds is 5. The van der Waals surface area contributed by atoms with Crippen LogP contribution in [-0.2, 0) is 14.3 Å². The lowest BCUT2D eigenvalue weighted by Crippen LogP contribution is -2.53. The maximum Gasteiger partial charge on any atom is 0.250 e. The van der Waals surface area contributed by atoms with Gasteiger partial charge in [0, 0.05) is 36.9 Å². The van der Waals surface area contributed by atoms with E-state index in [9.17, 15) is 4.79 Å². The summed E-state index contributed by atoms with van der Waals surface area (Å²) in [7, 11) is 3.34. The van der Waals surface area contributed by atoms with E-state index in [0.717, 1.165) is 59.8 Å². The summed E-state index contributed by atoms with van der Waals surface area (Å²) >= 11 is 0. The first-order valence-electron chi connectivity index (χ1n) is 11.8. The Kier molecular flexibility index (Phi) is 6.28. The van der Waals surface area contributed by atoms with Gasteiger partial charge in [0.1, 0.15) is 11.5 Å². The first-order chi connectivity index (χ1) is 16.6. The SMILES string of the molecule is COC1=CC2C(C=C1)OCC[C@@H]2N1CCC/C(=C\c2ccc(-n3cnc(C)c3)c(OC)c2)C1=O. The van der Waals surface area contributed by atoms with Gasteiger partial charge < -0.3 is 23.7 Å². The minimum Gasteiger partial charge on any atom is -0.497 e. The minimum absolute atomic E-state index is 0.0107. The van der Waals surface area contributed by atoms with Gasteiger partial charge in [-0.3, -0.25) is 4.79 Å². The van der Waals surface area contributed by atoms with Crippen molar-refractivity contribution in [3.05, 3.63) is 71.5 Å². The molecular weight excluding hydrogens is 430 g/mol. The molecule has 0 spiro atoms. The van der Waals surface area contributed by atoms with Gasteiger partial charge in [0.25, 0.3) is 0 Å². The second-order valence-corrected chi connectivity index (χ2v) is 9.03. The molecule has 178 valence electrons. The Morgan fingerprint density at radius 3 is 2.88 bits per heavy atom. The third-order valence-electron chi connectivity index (χ3n) is 6.91. The maximum atomic E-state index is 13.6. The summed E-state index contributed by atoms with van der Waals surface area (Å²) in [6, 6.07) is 6.11. The number of nitrogens with zero attached hydrogens (tertiary/aromatic N) is 3. The molecular formula is C27H31N3O4. The molecule has 2 aromatic rings. The fraction of sp³-hybridized carbons (Fsp3) is 0.407. The predicted molar refractivity (Wildman–Crippen MR) is 130 cm³/mol. The van der Waals surface area contributed by atoms with Gasteiger partial charge in [-0.2, -0.15) is 0 Å². The number of aryl methyl sites for hydroxylation is 1. The highest BCUT2D eigenvalue weighted by Gasteiger charge is 2.40. The number of likely N-dealkylation sites (tertiary alicyclic amines) is 1. The molecule has 0 saturated carbocycles. The molecule has 3 aliphatic rings. The highest BCUT2D eigenvalue weighted by Crippen LogP contribution is 2.35. The molecule has 5 rings (SSSR count). The monoisotopic (exact) mass is 461 g/mol. The molecule has 34 heavy (non-hydrogen) atoms. The van der Waals surface area contributed by atoms with Gasteiger partial charge in [-0.15, -0.1) is 0 Å². The van der Waals surface area contributed by atoms with Crippen LogP contribution in [0.25, 0.3) is 11.8 Å². The predicted octanol–water partition coefficient (Wildman–Crippen LogP) is 4.07. The van der Waals surface area contributed by atoms with Gasteiger partial charge in [-0.05, 0) is 62.1 Å². The van der Waals surface area contributed by atoms with Crippen molar-refractivity contribution in [1.82, 2.24) is 14.5 Å². The molecule has 2 fully saturated rings. The maximum absolute atomic E-state index is 13.6. The van der Waals surface area contributed by atoms with E-state index >= 15 is 0 Å². The van der Waals surface area contributed by atoms with Crippen LogP contribution in [0.4, 0.5) is 0 Å². The van der Waals surface area contributed by atoms with Crippen molar-refractivity contribution in [3.63, 3.8) is 0 Å². The number of piperidine rings is 1. The summed E-state index contributed by atoms with van der Waals surface area (Å²) in [5.41, 5.74) is 3.65. The van der Waals surface area contributed by atoms with Crippen molar-refractivity contribution < 1.29 is 19.0 Å². The number of imidazole rings is 1. The molecule has 1 aliphatic carbocycles. The Balaban J connectivity index is 1.40. The number of fused-ring (bicyclic) bond motifs is 1. The zero-order valence-corrected chi connectivity index (χ0v) is 19.9. The molecule has 0 N–H and O–H groups in total. The van der Waals surface area contributed by atoms with Gasteiger partial charge in [0.05, 0.1) is 38.0 Å². The number of methoxy groups -OCH3 is 2. The first-order valence-corrected chi connectivity index (χ1v) is 11.8. The third kappa shape index (κ3) is 4.28. The van der Waals surface area contributed by atoms with Crippen LogP contribution in [0.5, 0.6) is 5.75 Å². The summed E-state index contributed by atoms with van der Waals surface area (Å²) in [6.07, 6.45) is 14.4. The molecule has 2 unspecified atom stereocenters. The average molecular weight is 462 g/mol. The molecule has 3 atom stereocenters. The summed E-state index contributed by atoms with van der Waals surface area (Å²) in [5, 5.41) is 0. The number of carbonyl (C=O) groups excluding carboxylic acids is 1. The van der Waals surface area contributed by atoms with Crippen molar-refractivity contribution >= 4 is 12.0 Å². The Bertz CT molecular complexity index is 1160. The van der Waals surface area contributed by atoms with Crippen LogP contribution in [0.2, 0.25) is 0 Å². The van der Waals surface area contributed by atoms with Crippen LogP contribution in [0.3, 0.4) is 0 Å². The molecule has 2 saturated heterocycles. The molecule has 7 heteroatoms. The van der Waals surface area contributed by atoms with Gasteiger partial charge in [0.15, 0.2) is 0 Å². The largest absolute Gasteiger partial charge is 0.497 e. The van der Waals surface area contributed by atoms with E-state index in [-0.39, 0.29) is 24.0 Å². The number of benzene rings is 1. The molecule has 3 heterocycles. The second-order valence-electron chi connectivity index (χ2n) is 9.03. The number of ether oxygens (including phenoxy) is 3. The molecule has 0 bridgehead atoms. The van der Waals surface area contributed by atoms with E-state index in [1.54, 1.807) is 20.5 Å². The summed E-state index contributed by atoms with van der Waals surface area (Å²) < 4.78 is 19.0. The van der Waals surface area contributed by atoms with Crippen LogP contribution < -0.4 is 4.74 Å². The average Bonchev–Trinajstić information content (AvgIpc) is 3.30. The number of amides is 1. The van der Waals surface area contributed by atoms with E-state index in [2.05, 4.69) is 22.0 Å². The minimum atomic E-state index is -0.0107. The fourth-order valence-electron chi connectivity index (χ4n) is 5.21. The smallest absolute Gasteiger partial charge is 0.250 e. The molecule has 2 aliphatic heterocycles. The van der Waals surface area contributed by atoms with E-state index in [1.165, 1.54) is 0 Å². The van der Waals surface area contributed by atoms with Gasteiger partial charge in [-0.25, -0.2) is 4.98 Å². The highest BCUT2D eigenvalue weighted by atomic mass is 16.5. The molecule has 1 aromatic carbocycles. The van der Waals surface area contributed by atoms with Gasteiger partial charge >= 0.3 is 0 Å². The first kappa shape index (κ1) is 22.5. The Morgan fingerprint density at radius 2 is 2.12 bits per heavy atom. The lowest BCUT2D eigenvalue weighted by molar-refractivity contribution is -0.136. The van der Waals surface area contributed by atoms with E-state index in [0.29, 0.717) is 6.61 Å². The zero-order chi connectivity index (χ0) is 23.7. The van der Waals surface area contributed by atoms with Gasteiger partial charge in [0.2, 0.25) is 5.91 Å². The lowest BCUT2D eigenvalue weighted by atomic mass is 9.83. The van der Waals surface area contributed by atoms with E-state index in [4.69, 9.17) is 14.2 Å². The Hall–Kier alpha value is -3.32. The number of hydrogen-bond donors (Lipinski definition) is 0. The van der Waals surface area contributed by atoms with Gasteiger partial charge in [-0.1, -0.05) is 12.1 Å². The van der Waals surface area contributed by atoms with Crippen LogP contribution in [0.15, 0.2) is 60.3 Å². The summed E-state index contributed by atoms with van der Waals surface area (Å²) in [4.78, 5) is 20.0. The Morgan fingerprint density at radius 1 is 1.24 bits per heavy atom. The standard InChI is InChI=1S/C27H31N3O4/c1-18-16-29(17-28-18)24-8-6-19(14-26(24)33-3)13-20-5-4-11-30(27(20)31)23-10-12-34-25-9-7-21(32-2)15-22(23)25/h6-9,13-17,22-23,25H,4-5,10-12H2,1-3H3/b20-13+/t22?,23-,25?/m0/s1. The van der Waals surface area contributed by atoms with Crippen LogP contribution >= 0.6 is 0 Å². The zero-order valence-electron chi connectivity index (χ0n) is 19.9. The third-order valence-corrected chi connectivity index (χ3v) is 6.91. The van der Waals surface area contributed by atoms with Crippen LogP contribution in [0, 0.1) is 12.8 Å². The van der Waals surface area contributed by atoms with Crippen molar-refractivity contribution in [1.29, 1.82) is 0 Å². The highest BCUT2D eigenvalue weighted by molar-refractivity contribution is 5.98. The van der Waals surface area contributed by atoms with Crippen LogP contribution in [0.1, 0.15) is 30.5 Å². The lowest BCUT2D eigenvalue weighted by Gasteiger charge is -2.44. The van der Waals surface area contributed by atoms with Crippen molar-refractivity contribution in [2.75, 3.05) is 27.4 Å². The van der Waals surface area contributed by atoms with Crippen molar-refractivity contribution in [2.45, 2.75) is 38.3 Å². The molecule has 1 amide bonds.